The van der Waals surface area contributed by atoms with Crippen molar-refractivity contribution in [3.8, 4) is 0 Å². The van der Waals surface area contributed by atoms with Crippen LogP contribution in [0.25, 0.3) is 0 Å². The standard InChI is InChI=1S/C10H21N3O2/c1-5-7(4)12-9(14)8(6(2)3)13-10(11)15/h6-8H,5H2,1-4H3,(H,12,14)(H3,11,13,15)/t7-,8+/m0/s1. The highest BCUT2D eigenvalue weighted by atomic mass is 16.2. The van der Waals surface area contributed by atoms with Gasteiger partial charge in [0.2, 0.25) is 5.91 Å². The fourth-order valence-corrected chi connectivity index (χ4v) is 1.12. The van der Waals surface area contributed by atoms with E-state index < -0.39 is 12.1 Å². The van der Waals surface area contributed by atoms with Crippen molar-refractivity contribution in [3.05, 3.63) is 0 Å². The molecule has 4 N–H and O–H groups in total. The Kier molecular flexibility index (Phi) is 5.74. The highest BCUT2D eigenvalue weighted by molar-refractivity contribution is 5.86. The summed E-state index contributed by atoms with van der Waals surface area (Å²) >= 11 is 0. The fourth-order valence-electron chi connectivity index (χ4n) is 1.12. The molecule has 88 valence electrons. The van der Waals surface area contributed by atoms with Gasteiger partial charge in [-0.2, -0.15) is 0 Å². The molecular formula is C10H21N3O2. The second-order valence-electron chi connectivity index (χ2n) is 4.05. The van der Waals surface area contributed by atoms with E-state index >= 15 is 0 Å². The third kappa shape index (κ3) is 5.24. The molecule has 0 bridgehead atoms. The molecule has 3 amide bonds. The van der Waals surface area contributed by atoms with Crippen molar-refractivity contribution in [1.29, 1.82) is 0 Å². The van der Waals surface area contributed by atoms with Gasteiger partial charge in [0.15, 0.2) is 0 Å². The van der Waals surface area contributed by atoms with Crippen LogP contribution < -0.4 is 16.4 Å². The van der Waals surface area contributed by atoms with Gasteiger partial charge in [0.1, 0.15) is 6.04 Å². The van der Waals surface area contributed by atoms with Gasteiger partial charge in [0.05, 0.1) is 0 Å². The van der Waals surface area contributed by atoms with Gasteiger partial charge in [0, 0.05) is 6.04 Å². The maximum atomic E-state index is 11.7. The average molecular weight is 215 g/mol. The van der Waals surface area contributed by atoms with Crippen molar-refractivity contribution in [2.45, 2.75) is 46.2 Å². The molecule has 0 aromatic heterocycles. The first kappa shape index (κ1) is 13.7. The average Bonchev–Trinajstić information content (AvgIpc) is 2.12. The second-order valence-corrected chi connectivity index (χ2v) is 4.05. The number of hydrogen-bond acceptors (Lipinski definition) is 2. The minimum Gasteiger partial charge on any atom is -0.352 e. The SMILES string of the molecule is CC[C@H](C)NC(=O)[C@H](NC(N)=O)C(C)C. The van der Waals surface area contributed by atoms with E-state index in [2.05, 4.69) is 10.6 Å². The van der Waals surface area contributed by atoms with Crippen LogP contribution in [0, 0.1) is 5.92 Å². The third-order valence-electron chi connectivity index (χ3n) is 2.25. The minimum absolute atomic E-state index is 0.0153. The van der Waals surface area contributed by atoms with Gasteiger partial charge < -0.3 is 16.4 Å². The lowest BCUT2D eigenvalue weighted by Gasteiger charge is -2.22. The zero-order valence-electron chi connectivity index (χ0n) is 9.83. The maximum absolute atomic E-state index is 11.7. The van der Waals surface area contributed by atoms with Crippen LogP contribution in [0.3, 0.4) is 0 Å². The molecule has 0 radical (unpaired) electrons. The van der Waals surface area contributed by atoms with E-state index in [0.29, 0.717) is 0 Å². The summed E-state index contributed by atoms with van der Waals surface area (Å²) in [6.45, 7) is 7.62. The molecule has 0 saturated heterocycles. The first-order valence-corrected chi connectivity index (χ1v) is 5.24. The second kappa shape index (κ2) is 6.27. The van der Waals surface area contributed by atoms with E-state index in [-0.39, 0.29) is 17.9 Å². The van der Waals surface area contributed by atoms with Gasteiger partial charge in [0.25, 0.3) is 0 Å². The number of carbonyl (C=O) groups excluding carboxylic acids is 2. The van der Waals surface area contributed by atoms with Crippen molar-refractivity contribution >= 4 is 11.9 Å². The number of hydrogen-bond donors (Lipinski definition) is 3. The van der Waals surface area contributed by atoms with Crippen LogP contribution in [-0.4, -0.2) is 24.0 Å². The van der Waals surface area contributed by atoms with Gasteiger partial charge in [-0.25, -0.2) is 4.79 Å². The molecule has 2 atom stereocenters. The van der Waals surface area contributed by atoms with Crippen molar-refractivity contribution in [1.82, 2.24) is 10.6 Å². The minimum atomic E-state index is -0.673. The summed E-state index contributed by atoms with van der Waals surface area (Å²) in [4.78, 5) is 22.4. The van der Waals surface area contributed by atoms with Crippen LogP contribution in [-0.2, 0) is 4.79 Å². The Balaban J connectivity index is 4.35. The molecule has 0 aliphatic carbocycles. The Hall–Kier alpha value is -1.26. The van der Waals surface area contributed by atoms with Crippen LogP contribution in [0.2, 0.25) is 0 Å². The van der Waals surface area contributed by atoms with Crippen molar-refractivity contribution < 1.29 is 9.59 Å². The quantitative estimate of drug-likeness (QED) is 0.627. The molecule has 0 aliphatic rings. The monoisotopic (exact) mass is 215 g/mol. The fraction of sp³-hybridized carbons (Fsp3) is 0.800. The smallest absolute Gasteiger partial charge is 0.312 e. The van der Waals surface area contributed by atoms with Crippen LogP contribution in [0.5, 0.6) is 0 Å². The predicted molar refractivity (Wildman–Crippen MR) is 59.2 cm³/mol. The number of nitrogens with one attached hydrogen (secondary N) is 2. The molecule has 5 heteroatoms. The van der Waals surface area contributed by atoms with E-state index in [4.69, 9.17) is 5.73 Å². The maximum Gasteiger partial charge on any atom is 0.312 e. The molecule has 0 spiro atoms. The summed E-state index contributed by atoms with van der Waals surface area (Å²) < 4.78 is 0. The van der Waals surface area contributed by atoms with Crippen LogP contribution in [0.4, 0.5) is 4.79 Å². The Labute approximate surface area is 90.8 Å². The lowest BCUT2D eigenvalue weighted by Crippen LogP contribution is -2.52. The number of carbonyl (C=O) groups is 2. The van der Waals surface area contributed by atoms with Gasteiger partial charge in [-0.1, -0.05) is 20.8 Å². The largest absolute Gasteiger partial charge is 0.352 e. The Bertz CT molecular complexity index is 229. The lowest BCUT2D eigenvalue weighted by molar-refractivity contribution is -0.124. The third-order valence-corrected chi connectivity index (χ3v) is 2.25. The Morgan fingerprint density at radius 2 is 1.73 bits per heavy atom. The highest BCUT2D eigenvalue weighted by Crippen LogP contribution is 2.02. The van der Waals surface area contributed by atoms with Crippen LogP contribution in [0.15, 0.2) is 0 Å². The summed E-state index contributed by atoms with van der Waals surface area (Å²) in [5.41, 5.74) is 5.00. The molecule has 0 heterocycles. The van der Waals surface area contributed by atoms with Gasteiger partial charge in [-0.15, -0.1) is 0 Å². The molecule has 0 rings (SSSR count). The summed E-state index contributed by atoms with van der Waals surface area (Å²) in [6.07, 6.45) is 0.854. The van der Waals surface area contributed by atoms with Gasteiger partial charge in [-0.3, -0.25) is 4.79 Å². The number of urea groups is 1. The van der Waals surface area contributed by atoms with Gasteiger partial charge >= 0.3 is 6.03 Å². The summed E-state index contributed by atoms with van der Waals surface area (Å²) in [5, 5.41) is 5.24. The Morgan fingerprint density at radius 3 is 2.07 bits per heavy atom. The lowest BCUT2D eigenvalue weighted by atomic mass is 10.0. The molecular weight excluding hydrogens is 194 g/mol. The molecule has 0 fully saturated rings. The molecule has 0 unspecified atom stereocenters. The zero-order chi connectivity index (χ0) is 12.0. The molecule has 0 aliphatic heterocycles. The van der Waals surface area contributed by atoms with E-state index in [0.717, 1.165) is 6.42 Å². The predicted octanol–water partition coefficient (Wildman–Crippen LogP) is 0.594. The van der Waals surface area contributed by atoms with E-state index in [9.17, 15) is 9.59 Å². The number of nitrogens with two attached hydrogens (primary N) is 1. The topological polar surface area (TPSA) is 84.2 Å². The number of primary amides is 1. The highest BCUT2D eigenvalue weighted by Gasteiger charge is 2.23. The van der Waals surface area contributed by atoms with E-state index in [1.807, 2.05) is 27.7 Å². The summed E-state index contributed by atoms with van der Waals surface area (Å²) in [7, 11) is 0. The normalized spacial score (nSPS) is 14.5. The number of rotatable bonds is 5. The van der Waals surface area contributed by atoms with Crippen LogP contribution in [0.1, 0.15) is 34.1 Å². The first-order valence-electron chi connectivity index (χ1n) is 5.24. The molecule has 0 saturated carbocycles. The van der Waals surface area contributed by atoms with E-state index in [1.165, 1.54) is 0 Å². The molecule has 0 aromatic carbocycles. The van der Waals surface area contributed by atoms with Crippen molar-refractivity contribution in [2.75, 3.05) is 0 Å². The molecule has 5 nitrogen and oxygen atoms in total. The van der Waals surface area contributed by atoms with Gasteiger partial charge in [-0.05, 0) is 19.3 Å². The zero-order valence-corrected chi connectivity index (χ0v) is 9.83. The Morgan fingerprint density at radius 1 is 1.20 bits per heavy atom. The summed E-state index contributed by atoms with van der Waals surface area (Å²) in [6, 6.07) is -1.13. The number of amides is 3. The molecule has 15 heavy (non-hydrogen) atoms. The van der Waals surface area contributed by atoms with E-state index in [1.54, 1.807) is 0 Å². The summed E-state index contributed by atoms with van der Waals surface area (Å²) in [5.74, 6) is -0.167. The van der Waals surface area contributed by atoms with Crippen molar-refractivity contribution in [3.63, 3.8) is 0 Å². The van der Waals surface area contributed by atoms with Crippen LogP contribution >= 0.6 is 0 Å². The molecule has 0 aromatic rings. The van der Waals surface area contributed by atoms with Crippen molar-refractivity contribution in [2.24, 2.45) is 11.7 Å². The first-order chi connectivity index (χ1) is 6.88.